The Morgan fingerprint density at radius 2 is 1.94 bits per heavy atom. The summed E-state index contributed by atoms with van der Waals surface area (Å²) in [5.41, 5.74) is 12.4. The number of aromatic nitrogens is 4. The van der Waals surface area contributed by atoms with Gasteiger partial charge in [0.1, 0.15) is 11.3 Å². The first-order valence-corrected chi connectivity index (χ1v) is 12.1. The minimum absolute atomic E-state index is 0.0253. The molecule has 2 aliphatic rings. The summed E-state index contributed by atoms with van der Waals surface area (Å²) in [4.78, 5) is 30.1. The van der Waals surface area contributed by atoms with Crippen LogP contribution in [-0.4, -0.2) is 55.9 Å². The summed E-state index contributed by atoms with van der Waals surface area (Å²) < 4.78 is 39.7. The van der Waals surface area contributed by atoms with Gasteiger partial charge in [-0.2, -0.15) is 13.2 Å². The van der Waals surface area contributed by atoms with Gasteiger partial charge in [0.25, 0.3) is 0 Å². The highest BCUT2D eigenvalue weighted by atomic mass is 19.4. The molecule has 0 radical (unpaired) electrons. The first-order chi connectivity index (χ1) is 17.1. The van der Waals surface area contributed by atoms with Gasteiger partial charge in [0, 0.05) is 54.4 Å². The smallest absolute Gasteiger partial charge is 0.396 e. The number of pyridine rings is 1. The van der Waals surface area contributed by atoms with Crippen molar-refractivity contribution >= 4 is 28.6 Å². The van der Waals surface area contributed by atoms with Gasteiger partial charge in [-0.3, -0.25) is 4.79 Å². The molecule has 1 amide bonds. The number of carbonyl (C=O) groups excluding carboxylic acids is 1. The summed E-state index contributed by atoms with van der Waals surface area (Å²) in [5, 5.41) is 3.59. The number of nitrogens with zero attached hydrogens (tertiary/aromatic N) is 4. The van der Waals surface area contributed by atoms with E-state index in [1.165, 1.54) is 6.20 Å². The molecule has 1 atom stereocenters. The van der Waals surface area contributed by atoms with E-state index in [0.29, 0.717) is 41.9 Å². The van der Waals surface area contributed by atoms with Crippen molar-refractivity contribution in [1.29, 1.82) is 0 Å². The Balaban J connectivity index is 1.28. The van der Waals surface area contributed by atoms with Crippen LogP contribution in [0.3, 0.4) is 0 Å². The average molecular weight is 503 g/mol. The van der Waals surface area contributed by atoms with Crippen molar-refractivity contribution in [2.24, 2.45) is 17.6 Å². The van der Waals surface area contributed by atoms with Crippen molar-refractivity contribution in [3.05, 3.63) is 30.2 Å². The summed E-state index contributed by atoms with van der Waals surface area (Å²) >= 11 is 0. The molecule has 36 heavy (non-hydrogen) atoms. The molecule has 4 heterocycles. The van der Waals surface area contributed by atoms with E-state index in [1.807, 2.05) is 11.8 Å². The fraction of sp³-hybridized carbons (Fsp3) is 0.500. The number of amides is 1. The minimum Gasteiger partial charge on any atom is -0.396 e. The Morgan fingerprint density at radius 1 is 1.22 bits per heavy atom. The number of nitrogens with two attached hydrogens (primary N) is 2. The standard InChI is InChI=1S/C24H29F3N8O/c1-12(13-2-4-35(5-3-13)22(36)14-6-16(28)7-14)33-23-32-11-19(29)20(34-23)18-10-31-21-17(18)8-15(9-30-21)24(25,26)27/h8-14,16H,2-7,28-29H2,1H3,(H,30,31)(H,32,33,34)/t12-,14-,16+/m1/s1. The highest BCUT2D eigenvalue weighted by molar-refractivity contribution is 5.95. The number of alkyl halides is 3. The molecule has 0 unspecified atom stereocenters. The third kappa shape index (κ3) is 4.69. The number of piperidine rings is 1. The zero-order valence-corrected chi connectivity index (χ0v) is 19.8. The van der Waals surface area contributed by atoms with Gasteiger partial charge in [-0.05, 0) is 44.6 Å². The van der Waals surface area contributed by atoms with Crippen LogP contribution in [0.25, 0.3) is 22.3 Å². The number of halogens is 3. The van der Waals surface area contributed by atoms with Crippen LogP contribution in [0.15, 0.2) is 24.7 Å². The molecule has 1 saturated heterocycles. The Morgan fingerprint density at radius 3 is 2.61 bits per heavy atom. The lowest BCUT2D eigenvalue weighted by molar-refractivity contribution is -0.140. The first-order valence-electron chi connectivity index (χ1n) is 12.1. The molecular weight excluding hydrogens is 473 g/mol. The average Bonchev–Trinajstić information content (AvgIpc) is 3.25. The van der Waals surface area contributed by atoms with Crippen LogP contribution >= 0.6 is 0 Å². The topological polar surface area (TPSA) is 139 Å². The van der Waals surface area contributed by atoms with Gasteiger partial charge in [0.05, 0.1) is 17.4 Å². The number of hydrogen-bond donors (Lipinski definition) is 4. The second-order valence-corrected chi connectivity index (χ2v) is 9.84. The molecule has 3 aromatic heterocycles. The van der Waals surface area contributed by atoms with Crippen LogP contribution in [-0.2, 0) is 11.0 Å². The molecule has 6 N–H and O–H groups in total. The maximum Gasteiger partial charge on any atom is 0.417 e. The van der Waals surface area contributed by atoms with Crippen molar-refractivity contribution in [3.8, 4) is 11.3 Å². The van der Waals surface area contributed by atoms with Crippen LogP contribution in [0.4, 0.5) is 24.8 Å². The third-order valence-electron chi connectivity index (χ3n) is 7.37. The van der Waals surface area contributed by atoms with E-state index >= 15 is 0 Å². The van der Waals surface area contributed by atoms with E-state index in [9.17, 15) is 18.0 Å². The molecule has 0 bridgehead atoms. The van der Waals surface area contributed by atoms with E-state index in [-0.39, 0.29) is 35.0 Å². The monoisotopic (exact) mass is 502 g/mol. The minimum atomic E-state index is -4.51. The lowest BCUT2D eigenvalue weighted by atomic mass is 9.79. The zero-order chi connectivity index (χ0) is 25.6. The zero-order valence-electron chi connectivity index (χ0n) is 19.8. The van der Waals surface area contributed by atoms with Crippen LogP contribution in [0.2, 0.25) is 0 Å². The Kier molecular flexibility index (Phi) is 6.23. The van der Waals surface area contributed by atoms with Crippen molar-refractivity contribution < 1.29 is 18.0 Å². The predicted octanol–water partition coefficient (Wildman–Crippen LogP) is 3.40. The molecule has 0 spiro atoms. The van der Waals surface area contributed by atoms with Gasteiger partial charge in [-0.1, -0.05) is 0 Å². The van der Waals surface area contributed by atoms with E-state index in [0.717, 1.165) is 37.9 Å². The fourth-order valence-electron chi connectivity index (χ4n) is 5.09. The normalized spacial score (nSPS) is 21.9. The number of H-pyrrole nitrogens is 1. The molecule has 12 heteroatoms. The van der Waals surface area contributed by atoms with E-state index in [4.69, 9.17) is 11.5 Å². The highest BCUT2D eigenvalue weighted by Gasteiger charge is 2.36. The molecule has 3 aromatic rings. The van der Waals surface area contributed by atoms with Crippen molar-refractivity contribution in [2.75, 3.05) is 24.1 Å². The second kappa shape index (κ2) is 9.23. The molecule has 5 rings (SSSR count). The van der Waals surface area contributed by atoms with Gasteiger partial charge in [-0.15, -0.1) is 0 Å². The number of fused-ring (bicyclic) bond motifs is 1. The Labute approximate surface area is 205 Å². The first kappa shape index (κ1) is 24.3. The summed E-state index contributed by atoms with van der Waals surface area (Å²) in [7, 11) is 0. The lowest BCUT2D eigenvalue weighted by Crippen LogP contribution is -2.49. The number of aromatic amines is 1. The quantitative estimate of drug-likeness (QED) is 0.419. The van der Waals surface area contributed by atoms with Crippen LogP contribution < -0.4 is 16.8 Å². The van der Waals surface area contributed by atoms with E-state index in [2.05, 4.69) is 25.3 Å². The van der Waals surface area contributed by atoms with Crippen LogP contribution in [0.5, 0.6) is 0 Å². The Bertz CT molecular complexity index is 1260. The largest absolute Gasteiger partial charge is 0.417 e. The summed E-state index contributed by atoms with van der Waals surface area (Å²) in [6.45, 7) is 3.45. The fourth-order valence-corrected chi connectivity index (χ4v) is 5.09. The second-order valence-electron chi connectivity index (χ2n) is 9.84. The SMILES string of the molecule is C[C@@H](Nc1ncc(N)c(-c2c[nH]c3ncc(C(F)(F)F)cc23)n1)C1CCN(C(=O)[C@H]2C[C@@H](N)C2)CC1. The predicted molar refractivity (Wildman–Crippen MR) is 130 cm³/mol. The number of hydrogen-bond acceptors (Lipinski definition) is 7. The molecule has 1 aliphatic heterocycles. The van der Waals surface area contributed by atoms with Crippen LogP contribution in [0, 0.1) is 11.8 Å². The van der Waals surface area contributed by atoms with Crippen molar-refractivity contribution in [1.82, 2.24) is 24.8 Å². The van der Waals surface area contributed by atoms with Gasteiger partial charge in [0.2, 0.25) is 11.9 Å². The third-order valence-corrected chi connectivity index (χ3v) is 7.37. The van der Waals surface area contributed by atoms with Gasteiger partial charge < -0.3 is 26.7 Å². The summed E-state index contributed by atoms with van der Waals surface area (Å²) in [6.07, 6.45) is 2.53. The molecule has 2 fully saturated rings. The Hall–Kier alpha value is -3.41. The number of nitrogen functional groups attached to an aromatic ring is 1. The van der Waals surface area contributed by atoms with E-state index in [1.54, 1.807) is 6.20 Å². The highest BCUT2D eigenvalue weighted by Crippen LogP contribution is 2.36. The molecule has 192 valence electrons. The molecular formula is C24H29F3N8O. The van der Waals surface area contributed by atoms with Gasteiger partial charge in [0.15, 0.2) is 0 Å². The summed E-state index contributed by atoms with van der Waals surface area (Å²) in [6, 6.07) is 1.22. The van der Waals surface area contributed by atoms with Gasteiger partial charge in [-0.25, -0.2) is 15.0 Å². The van der Waals surface area contributed by atoms with Gasteiger partial charge >= 0.3 is 6.18 Å². The molecule has 1 aliphatic carbocycles. The lowest BCUT2D eigenvalue weighted by Gasteiger charge is -2.40. The number of rotatable bonds is 5. The van der Waals surface area contributed by atoms with E-state index < -0.39 is 11.7 Å². The summed E-state index contributed by atoms with van der Waals surface area (Å²) in [5.74, 6) is 0.932. The number of likely N-dealkylation sites (tertiary alicyclic amines) is 1. The van der Waals surface area contributed by atoms with Crippen molar-refractivity contribution in [3.63, 3.8) is 0 Å². The maximum absolute atomic E-state index is 13.2. The number of carbonyl (C=O) groups is 1. The van der Waals surface area contributed by atoms with Crippen molar-refractivity contribution in [2.45, 2.75) is 50.9 Å². The molecule has 9 nitrogen and oxygen atoms in total. The molecule has 0 aromatic carbocycles. The molecule has 1 saturated carbocycles. The number of anilines is 2. The van der Waals surface area contributed by atoms with Crippen LogP contribution in [0.1, 0.15) is 38.2 Å². The maximum atomic E-state index is 13.2. The number of nitrogens with one attached hydrogen (secondary N) is 2.